The summed E-state index contributed by atoms with van der Waals surface area (Å²) < 4.78 is 3.46. The Bertz CT molecular complexity index is 606. The molecule has 0 fully saturated rings. The van der Waals surface area contributed by atoms with E-state index in [0.717, 1.165) is 29.0 Å². The van der Waals surface area contributed by atoms with Crippen LogP contribution in [0.3, 0.4) is 0 Å². The second kappa shape index (κ2) is 6.61. The van der Waals surface area contributed by atoms with E-state index in [1.54, 1.807) is 0 Å². The molecule has 0 nitrogen and oxygen atoms in total. The van der Waals surface area contributed by atoms with Gasteiger partial charge in [0.2, 0.25) is 0 Å². The van der Waals surface area contributed by atoms with E-state index in [1.165, 1.54) is 0 Å². The fourth-order valence-electron chi connectivity index (χ4n) is 1.60. The standard InChI is InChI=1S/C13H6Br6/c14-9-6-8(10(15)12(17)11(9)16)13(18,19)7-4-2-1-3-5-7/h1-6H. The summed E-state index contributed by atoms with van der Waals surface area (Å²) in [6.07, 6.45) is 0. The molecular formula is C13H6Br6. The highest BCUT2D eigenvalue weighted by Crippen LogP contribution is 2.51. The van der Waals surface area contributed by atoms with E-state index >= 15 is 0 Å². The van der Waals surface area contributed by atoms with Gasteiger partial charge in [0.15, 0.2) is 0 Å². The quantitative estimate of drug-likeness (QED) is 0.179. The first kappa shape index (κ1) is 16.7. The van der Waals surface area contributed by atoms with Crippen LogP contribution in [0.25, 0.3) is 0 Å². The Morgan fingerprint density at radius 1 is 0.737 bits per heavy atom. The number of hydrogen-bond donors (Lipinski definition) is 0. The van der Waals surface area contributed by atoms with Crippen molar-refractivity contribution >= 4 is 95.6 Å². The van der Waals surface area contributed by atoms with Gasteiger partial charge in [-0.3, -0.25) is 0 Å². The molecule has 2 aromatic carbocycles. The minimum Gasteiger partial charge on any atom is -0.0622 e. The van der Waals surface area contributed by atoms with Gasteiger partial charge in [-0.05, 0) is 75.3 Å². The van der Waals surface area contributed by atoms with E-state index in [2.05, 4.69) is 114 Å². The fourth-order valence-corrected chi connectivity index (χ4v) is 5.60. The first-order valence-corrected chi connectivity index (χ1v) is 9.88. The Morgan fingerprint density at radius 3 is 1.89 bits per heavy atom. The third-order valence-electron chi connectivity index (χ3n) is 2.58. The lowest BCUT2D eigenvalue weighted by Gasteiger charge is -2.24. The van der Waals surface area contributed by atoms with Crippen molar-refractivity contribution in [3.05, 3.63) is 65.4 Å². The molecule has 2 aromatic rings. The van der Waals surface area contributed by atoms with Crippen LogP contribution in [0.4, 0.5) is 0 Å². The van der Waals surface area contributed by atoms with Gasteiger partial charge in [0, 0.05) is 23.5 Å². The number of alkyl halides is 2. The maximum Gasteiger partial charge on any atom is 0.131 e. The molecule has 0 spiro atoms. The summed E-state index contributed by atoms with van der Waals surface area (Å²) in [7, 11) is 0. The molecule has 0 bridgehead atoms. The van der Waals surface area contributed by atoms with Crippen LogP contribution in [0.1, 0.15) is 11.1 Å². The monoisotopic (exact) mass is 636 g/mol. The van der Waals surface area contributed by atoms with E-state index in [1.807, 2.05) is 18.2 Å². The zero-order valence-electron chi connectivity index (χ0n) is 9.23. The van der Waals surface area contributed by atoms with Gasteiger partial charge in [0.1, 0.15) is 3.23 Å². The minimum absolute atomic E-state index is 0.453. The molecule has 0 aliphatic carbocycles. The lowest BCUT2D eigenvalue weighted by molar-refractivity contribution is 1.09. The summed E-state index contributed by atoms with van der Waals surface area (Å²) >= 11 is 21.9. The van der Waals surface area contributed by atoms with Gasteiger partial charge in [0.25, 0.3) is 0 Å². The lowest BCUT2D eigenvalue weighted by Crippen LogP contribution is -2.12. The summed E-state index contributed by atoms with van der Waals surface area (Å²) in [4.78, 5) is 0. The molecule has 0 radical (unpaired) electrons. The van der Waals surface area contributed by atoms with Crippen LogP contribution in [0.5, 0.6) is 0 Å². The molecular weight excluding hydrogens is 636 g/mol. The average Bonchev–Trinajstić information content (AvgIpc) is 2.41. The van der Waals surface area contributed by atoms with Gasteiger partial charge in [-0.15, -0.1) is 0 Å². The number of halogens is 6. The van der Waals surface area contributed by atoms with Gasteiger partial charge in [0.05, 0.1) is 0 Å². The summed E-state index contributed by atoms with van der Waals surface area (Å²) in [5, 5.41) is 0. The summed E-state index contributed by atoms with van der Waals surface area (Å²) in [6.45, 7) is 0. The predicted molar refractivity (Wildman–Crippen MR) is 102 cm³/mol. The van der Waals surface area contributed by atoms with Crippen molar-refractivity contribution in [1.82, 2.24) is 0 Å². The van der Waals surface area contributed by atoms with Crippen molar-refractivity contribution < 1.29 is 0 Å². The summed E-state index contributed by atoms with van der Waals surface area (Å²) in [5.41, 5.74) is 2.19. The highest BCUT2D eigenvalue weighted by atomic mass is 79.9. The maximum absolute atomic E-state index is 3.77. The molecule has 19 heavy (non-hydrogen) atoms. The van der Waals surface area contributed by atoms with E-state index in [9.17, 15) is 0 Å². The first-order valence-electron chi connectivity index (χ1n) is 5.12. The Hall–Kier alpha value is 1.32. The van der Waals surface area contributed by atoms with Crippen molar-refractivity contribution in [2.75, 3.05) is 0 Å². The highest BCUT2D eigenvalue weighted by molar-refractivity contribution is 9.25. The predicted octanol–water partition coefficient (Wildman–Crippen LogP) is 7.73. The van der Waals surface area contributed by atoms with Gasteiger partial charge < -0.3 is 0 Å². The largest absolute Gasteiger partial charge is 0.131 e. The first-order chi connectivity index (χ1) is 8.85. The SMILES string of the molecule is Brc1cc(C(Br)(Br)c2ccccc2)c(Br)c(Br)c1Br. The van der Waals surface area contributed by atoms with Crippen molar-refractivity contribution in [3.8, 4) is 0 Å². The van der Waals surface area contributed by atoms with E-state index < -0.39 is 3.23 Å². The van der Waals surface area contributed by atoms with Crippen molar-refractivity contribution in [2.24, 2.45) is 0 Å². The molecule has 0 aromatic heterocycles. The van der Waals surface area contributed by atoms with Crippen LogP contribution in [0.15, 0.2) is 54.3 Å². The Morgan fingerprint density at radius 2 is 1.32 bits per heavy atom. The molecule has 0 amide bonds. The summed E-state index contributed by atoms with van der Waals surface area (Å²) in [5.74, 6) is 0. The van der Waals surface area contributed by atoms with E-state index in [4.69, 9.17) is 0 Å². The Balaban J connectivity index is 2.65. The third kappa shape index (κ3) is 3.39. The third-order valence-corrected chi connectivity index (χ3v) is 9.01. The zero-order valence-corrected chi connectivity index (χ0v) is 18.7. The van der Waals surface area contributed by atoms with Crippen LogP contribution in [-0.4, -0.2) is 0 Å². The van der Waals surface area contributed by atoms with Crippen LogP contribution >= 0.6 is 95.6 Å². The molecule has 0 saturated carbocycles. The molecule has 6 heteroatoms. The summed E-state index contributed by atoms with van der Waals surface area (Å²) in [6, 6.07) is 12.2. The van der Waals surface area contributed by atoms with Crippen LogP contribution < -0.4 is 0 Å². The van der Waals surface area contributed by atoms with Crippen LogP contribution in [0, 0.1) is 0 Å². The van der Waals surface area contributed by atoms with Gasteiger partial charge in [-0.2, -0.15) is 0 Å². The van der Waals surface area contributed by atoms with Crippen LogP contribution in [-0.2, 0) is 3.23 Å². The van der Waals surface area contributed by atoms with Crippen molar-refractivity contribution in [3.63, 3.8) is 0 Å². The van der Waals surface area contributed by atoms with Gasteiger partial charge in [-0.25, -0.2) is 0 Å². The topological polar surface area (TPSA) is 0 Å². The second-order valence-corrected chi connectivity index (χ2v) is 10.5. The number of rotatable bonds is 2. The highest BCUT2D eigenvalue weighted by Gasteiger charge is 2.31. The molecule has 2 rings (SSSR count). The molecule has 0 aliphatic rings. The van der Waals surface area contributed by atoms with Crippen molar-refractivity contribution in [2.45, 2.75) is 3.23 Å². The van der Waals surface area contributed by atoms with Gasteiger partial charge in [-0.1, -0.05) is 62.2 Å². The Labute approximate surface area is 162 Å². The van der Waals surface area contributed by atoms with Crippen LogP contribution in [0.2, 0.25) is 0 Å². The molecule has 100 valence electrons. The fraction of sp³-hybridized carbons (Fsp3) is 0.0769. The zero-order chi connectivity index (χ0) is 14.2. The number of hydrogen-bond acceptors (Lipinski definition) is 0. The Kier molecular flexibility index (Phi) is 5.81. The molecule has 0 N–H and O–H groups in total. The normalized spacial score (nSPS) is 11.7. The molecule has 0 unspecified atom stereocenters. The number of benzene rings is 2. The van der Waals surface area contributed by atoms with E-state index in [-0.39, 0.29) is 0 Å². The molecule has 0 heterocycles. The second-order valence-electron chi connectivity index (χ2n) is 3.79. The minimum atomic E-state index is -0.453. The molecule has 0 aliphatic heterocycles. The average molecular weight is 642 g/mol. The smallest absolute Gasteiger partial charge is 0.0622 e. The molecule has 0 saturated heterocycles. The lowest BCUT2D eigenvalue weighted by atomic mass is 10.0. The maximum atomic E-state index is 3.77. The van der Waals surface area contributed by atoms with Gasteiger partial charge >= 0.3 is 0 Å². The molecule has 0 atom stereocenters. The van der Waals surface area contributed by atoms with Crippen molar-refractivity contribution in [1.29, 1.82) is 0 Å². The van der Waals surface area contributed by atoms with E-state index in [0.29, 0.717) is 0 Å².